The Bertz CT molecular complexity index is 510. The van der Waals surface area contributed by atoms with Crippen LogP contribution in [0, 0.1) is 5.92 Å². The minimum Gasteiger partial charge on any atom is -0.377 e. The lowest BCUT2D eigenvalue weighted by molar-refractivity contribution is 0.00857. The predicted octanol–water partition coefficient (Wildman–Crippen LogP) is 4.38. The Morgan fingerprint density at radius 3 is 3.00 bits per heavy atom. The van der Waals surface area contributed by atoms with Crippen LogP contribution in [0.3, 0.4) is 0 Å². The number of nitrogens with zero attached hydrogens (tertiary/aromatic N) is 1. The summed E-state index contributed by atoms with van der Waals surface area (Å²) in [5.74, 6) is 0.517. The molecule has 1 heterocycles. The zero-order valence-corrected chi connectivity index (χ0v) is 14.6. The lowest BCUT2D eigenvalue weighted by atomic mass is 10.0. The summed E-state index contributed by atoms with van der Waals surface area (Å²) in [6, 6.07) is 5.41. The highest BCUT2D eigenvalue weighted by atomic mass is 79.9. The number of urea groups is 1. The topological polar surface area (TPSA) is 41.6 Å². The number of carbonyl (C=O) groups is 1. The van der Waals surface area contributed by atoms with Crippen LogP contribution in [-0.2, 0) is 4.74 Å². The molecule has 1 saturated heterocycles. The van der Waals surface area contributed by atoms with Crippen molar-refractivity contribution in [1.29, 1.82) is 0 Å². The van der Waals surface area contributed by atoms with E-state index in [2.05, 4.69) is 35.1 Å². The fourth-order valence-corrected chi connectivity index (χ4v) is 3.16. The number of morpholine rings is 1. The van der Waals surface area contributed by atoms with E-state index in [1.807, 2.05) is 11.0 Å². The van der Waals surface area contributed by atoms with Gasteiger partial charge in [-0.3, -0.25) is 0 Å². The van der Waals surface area contributed by atoms with Gasteiger partial charge >= 0.3 is 6.03 Å². The number of hydrogen-bond acceptors (Lipinski definition) is 2. The number of rotatable bonds is 3. The van der Waals surface area contributed by atoms with Crippen molar-refractivity contribution in [1.82, 2.24) is 4.90 Å². The van der Waals surface area contributed by atoms with Gasteiger partial charge in [-0.15, -0.1) is 0 Å². The van der Waals surface area contributed by atoms with E-state index in [1.165, 1.54) is 0 Å². The Morgan fingerprint density at radius 2 is 2.33 bits per heavy atom. The number of benzene rings is 1. The average Bonchev–Trinajstić information content (AvgIpc) is 2.42. The first kappa shape index (κ1) is 16.6. The molecule has 0 aromatic heterocycles. The maximum absolute atomic E-state index is 12.5. The third kappa shape index (κ3) is 4.59. The van der Waals surface area contributed by atoms with E-state index < -0.39 is 0 Å². The van der Waals surface area contributed by atoms with Crippen molar-refractivity contribution in [3.05, 3.63) is 27.7 Å². The maximum Gasteiger partial charge on any atom is 0.322 e. The van der Waals surface area contributed by atoms with Gasteiger partial charge in [-0.05, 0) is 30.5 Å². The number of halogens is 2. The molecule has 2 amide bonds. The van der Waals surface area contributed by atoms with Gasteiger partial charge in [-0.25, -0.2) is 4.79 Å². The van der Waals surface area contributed by atoms with E-state index in [4.69, 9.17) is 16.3 Å². The number of ether oxygens (including phenoxy) is 1. The van der Waals surface area contributed by atoms with E-state index in [9.17, 15) is 4.79 Å². The van der Waals surface area contributed by atoms with Crippen molar-refractivity contribution < 1.29 is 9.53 Å². The monoisotopic (exact) mass is 374 g/mol. The van der Waals surface area contributed by atoms with Crippen LogP contribution in [0.5, 0.6) is 0 Å². The van der Waals surface area contributed by atoms with Crippen LogP contribution in [0.25, 0.3) is 0 Å². The summed E-state index contributed by atoms with van der Waals surface area (Å²) in [6.45, 7) is 6.08. The standard InChI is InChI=1S/C15H20BrClN2O2/c1-10(2)7-12-9-21-6-5-19(12)15(20)18-14-4-3-11(16)8-13(14)17/h3-4,8,10,12H,5-7,9H2,1-2H3,(H,18,20). The zero-order valence-electron chi connectivity index (χ0n) is 12.2. The van der Waals surface area contributed by atoms with E-state index in [1.54, 1.807) is 12.1 Å². The molecule has 1 aliphatic heterocycles. The van der Waals surface area contributed by atoms with Crippen LogP contribution in [0.4, 0.5) is 10.5 Å². The molecule has 2 rings (SSSR count). The van der Waals surface area contributed by atoms with Crippen molar-refractivity contribution in [3.8, 4) is 0 Å². The lowest BCUT2D eigenvalue weighted by Gasteiger charge is -2.36. The summed E-state index contributed by atoms with van der Waals surface area (Å²) in [5.41, 5.74) is 0.625. The molecule has 0 saturated carbocycles. The van der Waals surface area contributed by atoms with Gasteiger partial charge < -0.3 is 15.0 Å². The fraction of sp³-hybridized carbons (Fsp3) is 0.533. The first-order valence-electron chi connectivity index (χ1n) is 7.07. The lowest BCUT2D eigenvalue weighted by Crippen LogP contribution is -2.50. The van der Waals surface area contributed by atoms with Crippen LogP contribution in [0.1, 0.15) is 20.3 Å². The molecule has 0 spiro atoms. The van der Waals surface area contributed by atoms with E-state index in [-0.39, 0.29) is 12.1 Å². The molecule has 1 aromatic carbocycles. The first-order chi connectivity index (χ1) is 9.97. The maximum atomic E-state index is 12.5. The summed E-state index contributed by atoms with van der Waals surface area (Å²) in [4.78, 5) is 14.3. The van der Waals surface area contributed by atoms with Crippen molar-refractivity contribution >= 4 is 39.2 Å². The van der Waals surface area contributed by atoms with E-state index in [0.29, 0.717) is 36.4 Å². The summed E-state index contributed by atoms with van der Waals surface area (Å²) < 4.78 is 6.38. The molecule has 4 nitrogen and oxygen atoms in total. The van der Waals surface area contributed by atoms with Crippen LogP contribution < -0.4 is 5.32 Å². The highest BCUT2D eigenvalue weighted by Crippen LogP contribution is 2.26. The molecule has 1 fully saturated rings. The Morgan fingerprint density at radius 1 is 1.57 bits per heavy atom. The number of hydrogen-bond donors (Lipinski definition) is 1. The van der Waals surface area contributed by atoms with Gasteiger partial charge in [0.05, 0.1) is 30.0 Å². The average molecular weight is 376 g/mol. The van der Waals surface area contributed by atoms with Crippen molar-refractivity contribution in [3.63, 3.8) is 0 Å². The number of carbonyl (C=O) groups excluding carboxylic acids is 1. The van der Waals surface area contributed by atoms with Crippen LogP contribution in [0.2, 0.25) is 5.02 Å². The third-order valence-electron chi connectivity index (χ3n) is 3.40. The number of anilines is 1. The Balaban J connectivity index is 2.06. The highest BCUT2D eigenvalue weighted by molar-refractivity contribution is 9.10. The Hall–Kier alpha value is -0.780. The molecule has 0 radical (unpaired) electrons. The fourth-order valence-electron chi connectivity index (χ4n) is 2.44. The largest absolute Gasteiger partial charge is 0.377 e. The smallest absolute Gasteiger partial charge is 0.322 e. The second-order valence-corrected chi connectivity index (χ2v) is 6.93. The summed E-state index contributed by atoms with van der Waals surface area (Å²) >= 11 is 9.50. The molecule has 116 valence electrons. The molecular formula is C15H20BrClN2O2. The number of amides is 2. The van der Waals surface area contributed by atoms with Gasteiger partial charge in [-0.2, -0.15) is 0 Å². The summed E-state index contributed by atoms with van der Waals surface area (Å²) in [6.07, 6.45) is 0.932. The first-order valence-corrected chi connectivity index (χ1v) is 8.25. The normalized spacial score (nSPS) is 18.9. The minimum absolute atomic E-state index is 0.117. The molecule has 6 heteroatoms. The predicted molar refractivity (Wildman–Crippen MR) is 88.9 cm³/mol. The molecule has 1 aliphatic rings. The van der Waals surface area contributed by atoms with Crippen molar-refractivity contribution in [2.45, 2.75) is 26.3 Å². The molecule has 21 heavy (non-hydrogen) atoms. The molecule has 1 unspecified atom stereocenters. The Kier molecular flexibility index (Phi) is 5.90. The SMILES string of the molecule is CC(C)CC1COCCN1C(=O)Nc1ccc(Br)cc1Cl. The third-order valence-corrected chi connectivity index (χ3v) is 4.21. The van der Waals surface area contributed by atoms with Crippen LogP contribution >= 0.6 is 27.5 Å². The molecular weight excluding hydrogens is 356 g/mol. The van der Waals surface area contributed by atoms with E-state index >= 15 is 0 Å². The van der Waals surface area contributed by atoms with Crippen LogP contribution in [-0.4, -0.2) is 36.7 Å². The zero-order chi connectivity index (χ0) is 15.4. The second-order valence-electron chi connectivity index (χ2n) is 5.61. The summed E-state index contributed by atoms with van der Waals surface area (Å²) in [5, 5.41) is 3.41. The van der Waals surface area contributed by atoms with Crippen LogP contribution in [0.15, 0.2) is 22.7 Å². The Labute approximate surface area is 138 Å². The summed E-state index contributed by atoms with van der Waals surface area (Å²) in [7, 11) is 0. The second kappa shape index (κ2) is 7.47. The van der Waals surface area contributed by atoms with Gasteiger partial charge in [0, 0.05) is 11.0 Å². The minimum atomic E-state index is -0.117. The molecule has 0 aliphatic carbocycles. The van der Waals surface area contributed by atoms with Gasteiger partial charge in [0.1, 0.15) is 0 Å². The molecule has 1 aromatic rings. The van der Waals surface area contributed by atoms with Gasteiger partial charge in [-0.1, -0.05) is 41.4 Å². The van der Waals surface area contributed by atoms with Gasteiger partial charge in [0.2, 0.25) is 0 Å². The van der Waals surface area contributed by atoms with E-state index in [0.717, 1.165) is 10.9 Å². The molecule has 1 atom stereocenters. The number of nitrogens with one attached hydrogen (secondary N) is 1. The molecule has 1 N–H and O–H groups in total. The van der Waals surface area contributed by atoms with Crippen molar-refractivity contribution in [2.24, 2.45) is 5.92 Å². The van der Waals surface area contributed by atoms with Gasteiger partial charge in [0.25, 0.3) is 0 Å². The quantitative estimate of drug-likeness (QED) is 0.851. The van der Waals surface area contributed by atoms with Gasteiger partial charge in [0.15, 0.2) is 0 Å². The van der Waals surface area contributed by atoms with Crippen molar-refractivity contribution in [2.75, 3.05) is 25.1 Å². The molecule has 0 bridgehead atoms. The highest BCUT2D eigenvalue weighted by Gasteiger charge is 2.28.